The van der Waals surface area contributed by atoms with E-state index in [0.29, 0.717) is 17.3 Å². The third kappa shape index (κ3) is 8.58. The zero-order valence-electron chi connectivity index (χ0n) is 21.8. The van der Waals surface area contributed by atoms with Gasteiger partial charge in [0.1, 0.15) is 5.04 Å². The Kier molecular flexibility index (Phi) is 11.7. The lowest BCUT2D eigenvalue weighted by Crippen LogP contribution is -2.51. The number of piperazine rings is 1. The summed E-state index contributed by atoms with van der Waals surface area (Å²) in [5.41, 5.74) is 9.48. The predicted molar refractivity (Wildman–Crippen MR) is 159 cm³/mol. The lowest BCUT2D eigenvalue weighted by Gasteiger charge is -2.42. The van der Waals surface area contributed by atoms with Crippen molar-refractivity contribution < 1.29 is 5.11 Å². The van der Waals surface area contributed by atoms with Gasteiger partial charge >= 0.3 is 0 Å². The molecule has 2 fully saturated rings. The quantitative estimate of drug-likeness (QED) is 0.218. The summed E-state index contributed by atoms with van der Waals surface area (Å²) < 4.78 is 0. The number of benzene rings is 2. The van der Waals surface area contributed by atoms with E-state index in [4.69, 9.17) is 16.2 Å². The monoisotopic (exact) mass is 526 g/mol. The average molecular weight is 527 g/mol. The summed E-state index contributed by atoms with van der Waals surface area (Å²) in [6, 6.07) is 17.3. The highest BCUT2D eigenvalue weighted by Crippen LogP contribution is 2.34. The van der Waals surface area contributed by atoms with Crippen LogP contribution in [-0.4, -0.2) is 53.9 Å². The Morgan fingerprint density at radius 3 is 2.06 bits per heavy atom. The molecular formula is C29H42N4OS2. The van der Waals surface area contributed by atoms with Crippen molar-refractivity contribution in [1.29, 1.82) is 5.41 Å². The molecule has 2 aliphatic rings. The van der Waals surface area contributed by atoms with E-state index in [1.807, 2.05) is 31.2 Å². The molecule has 1 saturated carbocycles. The zero-order valence-corrected chi connectivity index (χ0v) is 23.4. The molecule has 5 nitrogen and oxygen atoms in total. The first kappa shape index (κ1) is 28.6. The van der Waals surface area contributed by atoms with Crippen molar-refractivity contribution in [3.63, 3.8) is 0 Å². The lowest BCUT2D eigenvalue weighted by atomic mass is 9.86. The number of nitrogens with two attached hydrogens (primary N) is 1. The maximum atomic E-state index is 8.45. The van der Waals surface area contributed by atoms with E-state index < -0.39 is 0 Å². The number of hydrogen-bond donors (Lipinski definition) is 3. The summed E-state index contributed by atoms with van der Waals surface area (Å²) in [6.45, 7) is 12.9. The van der Waals surface area contributed by atoms with Crippen molar-refractivity contribution in [3.05, 3.63) is 66.2 Å². The molecule has 7 heteroatoms. The van der Waals surface area contributed by atoms with Crippen molar-refractivity contribution in [3.8, 4) is 0 Å². The Balaban J connectivity index is 0.000000840. The van der Waals surface area contributed by atoms with Crippen LogP contribution in [0, 0.1) is 11.3 Å². The topological polar surface area (TPSA) is 76.6 Å². The maximum Gasteiger partial charge on any atom is 0.105 e. The van der Waals surface area contributed by atoms with E-state index >= 15 is 0 Å². The average Bonchev–Trinajstić information content (AvgIpc) is 2.92. The van der Waals surface area contributed by atoms with Gasteiger partial charge in [-0.2, -0.15) is 0 Å². The van der Waals surface area contributed by atoms with E-state index in [1.54, 1.807) is 10.8 Å². The Morgan fingerprint density at radius 2 is 1.53 bits per heavy atom. The molecule has 0 unspecified atom stereocenters. The molecule has 0 spiro atoms. The molecule has 4 N–H and O–H groups in total. The van der Waals surface area contributed by atoms with Crippen LogP contribution in [-0.2, 0) is 0 Å². The summed E-state index contributed by atoms with van der Waals surface area (Å²) in [5.74, 6) is 0.915. The van der Waals surface area contributed by atoms with Crippen molar-refractivity contribution in [2.24, 2.45) is 11.7 Å². The molecule has 0 aromatic heterocycles. The van der Waals surface area contributed by atoms with E-state index in [9.17, 15) is 0 Å². The van der Waals surface area contributed by atoms with Gasteiger partial charge < -0.3 is 15.7 Å². The van der Waals surface area contributed by atoms with E-state index in [-0.39, 0.29) is 0 Å². The van der Waals surface area contributed by atoms with Crippen LogP contribution in [0.2, 0.25) is 0 Å². The van der Waals surface area contributed by atoms with Gasteiger partial charge in [-0.1, -0.05) is 55.5 Å². The number of rotatable bonds is 7. The van der Waals surface area contributed by atoms with Crippen LogP contribution in [0.1, 0.15) is 57.1 Å². The number of nitrogens with one attached hydrogen (secondary N) is 1. The van der Waals surface area contributed by atoms with Gasteiger partial charge in [0.05, 0.1) is 0 Å². The van der Waals surface area contributed by atoms with Gasteiger partial charge in [0.2, 0.25) is 0 Å². The summed E-state index contributed by atoms with van der Waals surface area (Å²) >= 11 is 0. The van der Waals surface area contributed by atoms with Gasteiger partial charge in [-0.15, -0.1) is 0 Å². The van der Waals surface area contributed by atoms with E-state index in [0.717, 1.165) is 47.5 Å². The first-order valence-electron chi connectivity index (χ1n) is 13.1. The minimum atomic E-state index is 0.319. The Morgan fingerprint density at radius 1 is 0.972 bits per heavy atom. The van der Waals surface area contributed by atoms with E-state index in [1.165, 1.54) is 55.3 Å². The van der Waals surface area contributed by atoms with Crippen molar-refractivity contribution in [2.75, 3.05) is 37.7 Å². The molecule has 0 atom stereocenters. The Labute approximate surface area is 225 Å². The standard InChI is InChI=1S/C26H34N4S2.C3H8O/c1-19-3-9-23(10-4-19)29-15-17-30(18-16-29)24-11-5-22(6-12-24)26(28)32-31-25-13-7-21(8-14-25)20(2)27;1-2-3-4/h5-8,11-14,19,23,28H,2-4,9-10,15-18,27H2,1H3;4H,2-3H2,1H3. The fourth-order valence-corrected chi connectivity index (χ4v) is 6.46. The number of hydrogen-bond acceptors (Lipinski definition) is 7. The fourth-order valence-electron chi connectivity index (χ4n) is 4.64. The maximum absolute atomic E-state index is 8.45. The van der Waals surface area contributed by atoms with Crippen molar-refractivity contribution in [2.45, 2.75) is 56.9 Å². The van der Waals surface area contributed by atoms with Crippen LogP contribution in [0.15, 0.2) is 60.0 Å². The van der Waals surface area contributed by atoms with Gasteiger partial charge in [-0.25, -0.2) is 0 Å². The Bertz CT molecular complexity index is 946. The second kappa shape index (κ2) is 14.7. The molecule has 2 aromatic carbocycles. The second-order valence-electron chi connectivity index (χ2n) is 9.75. The molecule has 1 heterocycles. The second-order valence-corrected chi connectivity index (χ2v) is 12.0. The normalized spacial score (nSPS) is 20.4. The van der Waals surface area contributed by atoms with Crippen LogP contribution in [0.4, 0.5) is 5.69 Å². The van der Waals surface area contributed by atoms with E-state index in [2.05, 4.69) is 47.6 Å². The van der Waals surface area contributed by atoms with Crippen LogP contribution in [0.3, 0.4) is 0 Å². The molecule has 1 saturated heterocycles. The molecule has 2 aromatic rings. The van der Waals surface area contributed by atoms with Gasteiger partial charge in [0, 0.05) is 60.7 Å². The molecule has 0 bridgehead atoms. The van der Waals surface area contributed by atoms with Crippen LogP contribution < -0.4 is 10.6 Å². The number of aliphatic hydroxyl groups is 1. The lowest BCUT2D eigenvalue weighted by molar-refractivity contribution is 0.133. The van der Waals surface area contributed by atoms with Gasteiger partial charge in [-0.05, 0) is 78.6 Å². The molecule has 0 amide bonds. The molecule has 0 radical (unpaired) electrons. The highest BCUT2D eigenvalue weighted by Gasteiger charge is 2.27. The van der Waals surface area contributed by atoms with Crippen molar-refractivity contribution in [1.82, 2.24) is 4.90 Å². The van der Waals surface area contributed by atoms with Gasteiger partial charge in [-0.3, -0.25) is 10.3 Å². The van der Waals surface area contributed by atoms with Crippen LogP contribution in [0.25, 0.3) is 5.70 Å². The SMILES string of the molecule is C=C(N)c1ccc(SSC(=N)c2ccc(N3CCN(C4CCC(C)CC4)CC3)cc2)cc1.CCCO. The minimum absolute atomic E-state index is 0.319. The van der Waals surface area contributed by atoms with Gasteiger partial charge in [0.15, 0.2) is 0 Å². The van der Waals surface area contributed by atoms with Crippen LogP contribution >= 0.6 is 21.6 Å². The number of nitrogens with zero attached hydrogens (tertiary/aromatic N) is 2. The summed E-state index contributed by atoms with van der Waals surface area (Å²) in [5, 5.41) is 16.9. The Hall–Kier alpha value is -1.93. The molecule has 36 heavy (non-hydrogen) atoms. The summed E-state index contributed by atoms with van der Waals surface area (Å²) in [6.07, 6.45) is 6.41. The summed E-state index contributed by atoms with van der Waals surface area (Å²) in [7, 11) is 3.08. The predicted octanol–water partition coefficient (Wildman–Crippen LogP) is 6.47. The third-order valence-corrected chi connectivity index (χ3v) is 9.26. The summed E-state index contributed by atoms with van der Waals surface area (Å²) in [4.78, 5) is 6.31. The minimum Gasteiger partial charge on any atom is -0.399 e. The molecule has 1 aliphatic heterocycles. The van der Waals surface area contributed by atoms with Crippen LogP contribution in [0.5, 0.6) is 0 Å². The highest BCUT2D eigenvalue weighted by molar-refractivity contribution is 8.82. The first-order chi connectivity index (χ1) is 17.4. The van der Waals surface area contributed by atoms with Crippen molar-refractivity contribution >= 4 is 38.0 Å². The number of anilines is 1. The smallest absolute Gasteiger partial charge is 0.105 e. The largest absolute Gasteiger partial charge is 0.399 e. The molecule has 196 valence electrons. The fraction of sp³-hybridized carbons (Fsp3) is 0.483. The molecular weight excluding hydrogens is 484 g/mol. The third-order valence-electron chi connectivity index (χ3n) is 6.98. The van der Waals surface area contributed by atoms with Gasteiger partial charge in [0.25, 0.3) is 0 Å². The number of aliphatic hydroxyl groups excluding tert-OH is 1. The first-order valence-corrected chi connectivity index (χ1v) is 15.2. The highest BCUT2D eigenvalue weighted by atomic mass is 33.1. The molecule has 4 rings (SSSR count). The zero-order chi connectivity index (χ0) is 25.9. The molecule has 1 aliphatic carbocycles.